The molecule has 0 amide bonds. The Bertz CT molecular complexity index is 861. The summed E-state index contributed by atoms with van der Waals surface area (Å²) in [6, 6.07) is 7.71. The highest BCUT2D eigenvalue weighted by Gasteiger charge is 2.24. The van der Waals surface area contributed by atoms with Crippen LogP contribution in [0.2, 0.25) is 0 Å². The smallest absolute Gasteiger partial charge is 0.194 e. The number of piperidine rings is 1. The lowest BCUT2D eigenvalue weighted by Crippen LogP contribution is -2.47. The van der Waals surface area contributed by atoms with E-state index < -0.39 is 0 Å². The standard InChI is InChI=1S/C23H34N6O3.HI/c1-24-23(29-12-10-19(11-13-29)32-16-20-5-3-4-14-31-20)25-15-21-26-22(28-27-21)17-6-8-18(30-2)9-7-17;/h6-9,19-20H,3-5,10-16H2,1-2H3,(H,24,25)(H,26,27,28);1H. The van der Waals surface area contributed by atoms with Gasteiger partial charge < -0.3 is 24.4 Å². The molecule has 2 aromatic rings. The lowest BCUT2D eigenvalue weighted by Gasteiger charge is -2.34. The summed E-state index contributed by atoms with van der Waals surface area (Å²) in [6.07, 6.45) is 6.13. The summed E-state index contributed by atoms with van der Waals surface area (Å²) in [5.74, 6) is 3.12. The van der Waals surface area contributed by atoms with E-state index in [1.54, 1.807) is 7.11 Å². The first-order valence-corrected chi connectivity index (χ1v) is 11.5. The second kappa shape index (κ2) is 13.1. The molecule has 0 spiro atoms. The summed E-state index contributed by atoms with van der Waals surface area (Å²) in [7, 11) is 3.47. The van der Waals surface area contributed by atoms with Crippen molar-refractivity contribution in [1.82, 2.24) is 25.4 Å². The second-order valence-electron chi connectivity index (χ2n) is 8.24. The van der Waals surface area contributed by atoms with Gasteiger partial charge in [0.1, 0.15) is 11.6 Å². The number of halogens is 1. The number of H-pyrrole nitrogens is 1. The van der Waals surface area contributed by atoms with Gasteiger partial charge in [0.25, 0.3) is 0 Å². The SMILES string of the molecule is CN=C(NCc1nc(-c2ccc(OC)cc2)n[nH]1)N1CCC(OCC2CCCCO2)CC1.I. The largest absolute Gasteiger partial charge is 0.497 e. The highest BCUT2D eigenvalue weighted by molar-refractivity contribution is 14.0. The van der Waals surface area contributed by atoms with Crippen molar-refractivity contribution in [3.8, 4) is 17.1 Å². The van der Waals surface area contributed by atoms with Crippen LogP contribution in [0.25, 0.3) is 11.4 Å². The van der Waals surface area contributed by atoms with Crippen molar-refractivity contribution >= 4 is 29.9 Å². The van der Waals surface area contributed by atoms with Crippen LogP contribution in [0.3, 0.4) is 0 Å². The third-order valence-corrected chi connectivity index (χ3v) is 6.04. The van der Waals surface area contributed by atoms with Gasteiger partial charge in [-0.3, -0.25) is 10.1 Å². The Labute approximate surface area is 212 Å². The molecule has 1 aromatic heterocycles. The Morgan fingerprint density at radius 3 is 2.67 bits per heavy atom. The number of aliphatic imine (C=N–C) groups is 1. The number of likely N-dealkylation sites (tertiary alicyclic amines) is 1. The maximum absolute atomic E-state index is 6.13. The van der Waals surface area contributed by atoms with Crippen LogP contribution in [-0.2, 0) is 16.0 Å². The minimum Gasteiger partial charge on any atom is -0.497 e. The fourth-order valence-corrected chi connectivity index (χ4v) is 4.16. The Balaban J connectivity index is 0.00000306. The number of aromatic amines is 1. The van der Waals surface area contributed by atoms with Crippen LogP contribution < -0.4 is 10.1 Å². The molecule has 0 aliphatic carbocycles. The molecule has 2 N–H and O–H groups in total. The van der Waals surface area contributed by atoms with Crippen LogP contribution in [0.4, 0.5) is 0 Å². The van der Waals surface area contributed by atoms with E-state index in [0.717, 1.165) is 68.7 Å². The Hall–Kier alpha value is -1.92. The van der Waals surface area contributed by atoms with E-state index >= 15 is 0 Å². The first-order chi connectivity index (χ1) is 15.7. The summed E-state index contributed by atoms with van der Waals surface area (Å²) in [5.41, 5.74) is 0.943. The van der Waals surface area contributed by atoms with Gasteiger partial charge in [0, 0.05) is 32.3 Å². The van der Waals surface area contributed by atoms with Crippen LogP contribution in [-0.4, -0.2) is 78.7 Å². The van der Waals surface area contributed by atoms with E-state index in [-0.39, 0.29) is 30.1 Å². The quantitative estimate of drug-likeness (QED) is 0.300. The van der Waals surface area contributed by atoms with Crippen molar-refractivity contribution in [2.45, 2.75) is 50.9 Å². The second-order valence-corrected chi connectivity index (χ2v) is 8.24. The van der Waals surface area contributed by atoms with Crippen molar-refractivity contribution in [2.24, 2.45) is 4.99 Å². The number of ether oxygens (including phenoxy) is 3. The molecule has 2 saturated heterocycles. The number of hydrogen-bond donors (Lipinski definition) is 2. The number of rotatable bonds is 7. The molecule has 10 heteroatoms. The molecule has 4 rings (SSSR count). The van der Waals surface area contributed by atoms with Gasteiger partial charge in [-0.1, -0.05) is 0 Å². The molecular formula is C23H35IN6O3. The van der Waals surface area contributed by atoms with Gasteiger partial charge in [0.05, 0.1) is 32.5 Å². The minimum absolute atomic E-state index is 0. The van der Waals surface area contributed by atoms with E-state index in [1.807, 2.05) is 31.3 Å². The van der Waals surface area contributed by atoms with Gasteiger partial charge in [0.2, 0.25) is 0 Å². The van der Waals surface area contributed by atoms with Gasteiger partial charge in [0.15, 0.2) is 11.8 Å². The van der Waals surface area contributed by atoms with Crippen molar-refractivity contribution in [3.05, 3.63) is 30.1 Å². The predicted octanol–water partition coefficient (Wildman–Crippen LogP) is 3.22. The first kappa shape index (κ1) is 25.7. The molecule has 1 unspecified atom stereocenters. The summed E-state index contributed by atoms with van der Waals surface area (Å²) in [4.78, 5) is 11.3. The molecule has 33 heavy (non-hydrogen) atoms. The average Bonchev–Trinajstić information content (AvgIpc) is 3.33. The fraction of sp³-hybridized carbons (Fsp3) is 0.609. The number of benzene rings is 1. The maximum atomic E-state index is 6.13. The van der Waals surface area contributed by atoms with Gasteiger partial charge in [-0.2, -0.15) is 5.10 Å². The first-order valence-electron chi connectivity index (χ1n) is 11.5. The molecule has 1 aromatic carbocycles. The summed E-state index contributed by atoms with van der Waals surface area (Å²) in [6.45, 7) is 3.97. The number of methoxy groups -OCH3 is 1. The minimum atomic E-state index is 0. The lowest BCUT2D eigenvalue weighted by molar-refractivity contribution is -0.0721. The molecule has 2 aliphatic heterocycles. The van der Waals surface area contributed by atoms with Gasteiger partial charge in [-0.05, 0) is 56.4 Å². The van der Waals surface area contributed by atoms with Crippen LogP contribution in [0.1, 0.15) is 37.9 Å². The number of guanidine groups is 1. The zero-order valence-corrected chi connectivity index (χ0v) is 21.8. The number of aromatic nitrogens is 3. The Morgan fingerprint density at radius 1 is 1.21 bits per heavy atom. The van der Waals surface area contributed by atoms with Crippen LogP contribution in [0, 0.1) is 0 Å². The van der Waals surface area contributed by atoms with E-state index in [1.165, 1.54) is 12.8 Å². The van der Waals surface area contributed by atoms with E-state index in [2.05, 4.69) is 30.4 Å². The molecule has 2 aliphatic rings. The van der Waals surface area contributed by atoms with Crippen molar-refractivity contribution in [2.75, 3.05) is 40.5 Å². The van der Waals surface area contributed by atoms with Crippen LogP contribution in [0.5, 0.6) is 5.75 Å². The zero-order valence-electron chi connectivity index (χ0n) is 19.5. The lowest BCUT2D eigenvalue weighted by atomic mass is 10.1. The number of nitrogens with zero attached hydrogens (tertiary/aromatic N) is 4. The normalized spacial score (nSPS) is 19.8. The average molecular weight is 570 g/mol. The van der Waals surface area contributed by atoms with E-state index in [4.69, 9.17) is 14.2 Å². The highest BCUT2D eigenvalue weighted by atomic mass is 127. The van der Waals surface area contributed by atoms with Crippen LogP contribution >= 0.6 is 24.0 Å². The van der Waals surface area contributed by atoms with E-state index in [9.17, 15) is 0 Å². The number of nitrogens with one attached hydrogen (secondary N) is 2. The van der Waals surface area contributed by atoms with Gasteiger partial charge in [-0.25, -0.2) is 4.98 Å². The molecule has 3 heterocycles. The molecule has 0 bridgehead atoms. The van der Waals surface area contributed by atoms with Crippen LogP contribution in [0.15, 0.2) is 29.3 Å². The van der Waals surface area contributed by atoms with Gasteiger partial charge >= 0.3 is 0 Å². The monoisotopic (exact) mass is 570 g/mol. The fourth-order valence-electron chi connectivity index (χ4n) is 4.16. The molecule has 182 valence electrons. The third kappa shape index (κ3) is 7.28. The predicted molar refractivity (Wildman–Crippen MR) is 138 cm³/mol. The topological polar surface area (TPSA) is 96.9 Å². The van der Waals surface area contributed by atoms with Crippen molar-refractivity contribution < 1.29 is 14.2 Å². The number of hydrogen-bond acceptors (Lipinski definition) is 6. The molecule has 2 fully saturated rings. The summed E-state index contributed by atoms with van der Waals surface area (Å²) in [5, 5.41) is 10.7. The molecular weight excluding hydrogens is 535 g/mol. The Kier molecular flexibility index (Phi) is 10.2. The highest BCUT2D eigenvalue weighted by Crippen LogP contribution is 2.20. The molecule has 0 radical (unpaired) electrons. The summed E-state index contributed by atoms with van der Waals surface area (Å²) < 4.78 is 17.1. The third-order valence-electron chi connectivity index (χ3n) is 6.04. The zero-order chi connectivity index (χ0) is 22.2. The molecule has 0 saturated carbocycles. The molecule has 1 atom stereocenters. The van der Waals surface area contributed by atoms with Gasteiger partial charge in [-0.15, -0.1) is 24.0 Å². The Morgan fingerprint density at radius 2 is 2.00 bits per heavy atom. The van der Waals surface area contributed by atoms with E-state index in [0.29, 0.717) is 18.5 Å². The van der Waals surface area contributed by atoms with Crippen molar-refractivity contribution in [3.63, 3.8) is 0 Å². The summed E-state index contributed by atoms with van der Waals surface area (Å²) >= 11 is 0. The molecule has 9 nitrogen and oxygen atoms in total. The maximum Gasteiger partial charge on any atom is 0.194 e. The van der Waals surface area contributed by atoms with Crippen molar-refractivity contribution in [1.29, 1.82) is 0 Å².